The number of rotatable bonds is 3. The Morgan fingerprint density at radius 1 is 1.50 bits per heavy atom. The maximum Gasteiger partial charge on any atom is 0.427 e. The minimum absolute atomic E-state index is 0.416. The average Bonchev–Trinajstić information content (AvgIpc) is 2.51. The molecule has 0 aliphatic carbocycles. The van der Waals surface area contributed by atoms with Crippen LogP contribution in [0.15, 0.2) is 6.20 Å². The van der Waals surface area contributed by atoms with E-state index in [2.05, 4.69) is 4.98 Å². The summed E-state index contributed by atoms with van der Waals surface area (Å²) in [6, 6.07) is 0. The summed E-state index contributed by atoms with van der Waals surface area (Å²) in [5.74, 6) is 0. The topological polar surface area (TPSA) is 16.1 Å². The number of thiazole rings is 1. The summed E-state index contributed by atoms with van der Waals surface area (Å²) in [4.78, 5) is 4.80. The number of alkyl halides is 3. The molecule has 0 N–H and O–H groups in total. The molecule has 1 rings (SSSR count). The van der Waals surface area contributed by atoms with Crippen molar-refractivity contribution < 1.29 is 13.2 Å². The minimum atomic E-state index is -4.27. The molecule has 0 spiro atoms. The number of aromatic nitrogens is 1. The zero-order chi connectivity index (χ0) is 10.8. The number of nitrogens with zero attached hydrogens (tertiary/aromatic N) is 2. The van der Waals surface area contributed by atoms with Crippen LogP contribution >= 0.6 is 11.3 Å². The van der Waals surface area contributed by atoms with Gasteiger partial charge in [0.1, 0.15) is 4.88 Å². The van der Waals surface area contributed by atoms with Gasteiger partial charge in [-0.25, -0.2) is 4.98 Å². The van der Waals surface area contributed by atoms with Crippen molar-refractivity contribution in [1.82, 2.24) is 4.98 Å². The van der Waals surface area contributed by atoms with Gasteiger partial charge in [-0.1, -0.05) is 18.3 Å². The van der Waals surface area contributed by atoms with Gasteiger partial charge in [0.15, 0.2) is 5.13 Å². The zero-order valence-corrected chi connectivity index (χ0v) is 8.74. The molecule has 0 unspecified atom stereocenters. The van der Waals surface area contributed by atoms with Crippen LogP contribution in [0, 0.1) is 0 Å². The fourth-order valence-electron chi connectivity index (χ4n) is 1.00. The van der Waals surface area contributed by atoms with Crippen LogP contribution in [0.2, 0.25) is 0 Å². The average molecular weight is 224 g/mol. The second kappa shape index (κ2) is 4.16. The number of halogens is 3. The Bertz CT molecular complexity index is 295. The van der Waals surface area contributed by atoms with Gasteiger partial charge in [0.2, 0.25) is 0 Å². The molecule has 0 atom stereocenters. The summed E-state index contributed by atoms with van der Waals surface area (Å²) < 4.78 is 36.6. The fraction of sp³-hybridized carbons (Fsp3) is 0.625. The van der Waals surface area contributed by atoms with Gasteiger partial charge in [-0.3, -0.25) is 0 Å². The summed E-state index contributed by atoms with van der Waals surface area (Å²) in [6.07, 6.45) is -2.51. The first-order valence-corrected chi connectivity index (χ1v) is 5.01. The van der Waals surface area contributed by atoms with Gasteiger partial charge in [0.05, 0.1) is 6.20 Å². The highest BCUT2D eigenvalue weighted by molar-refractivity contribution is 7.15. The van der Waals surface area contributed by atoms with Crippen LogP contribution in [0.1, 0.15) is 18.2 Å². The molecule has 0 amide bonds. The van der Waals surface area contributed by atoms with E-state index in [4.69, 9.17) is 0 Å². The Balaban J connectivity index is 2.78. The maximum atomic E-state index is 12.2. The first-order valence-electron chi connectivity index (χ1n) is 4.19. The maximum absolute atomic E-state index is 12.2. The zero-order valence-electron chi connectivity index (χ0n) is 7.93. The molecule has 0 aromatic carbocycles. The van der Waals surface area contributed by atoms with Gasteiger partial charge in [0.25, 0.3) is 0 Å². The molecule has 0 bridgehead atoms. The number of hydrogen-bond donors (Lipinski definition) is 0. The van der Waals surface area contributed by atoms with Gasteiger partial charge < -0.3 is 4.90 Å². The van der Waals surface area contributed by atoms with Crippen LogP contribution in [0.3, 0.4) is 0 Å². The second-order valence-electron chi connectivity index (χ2n) is 2.93. The fourth-order valence-corrected chi connectivity index (χ4v) is 1.77. The van der Waals surface area contributed by atoms with Gasteiger partial charge in [-0.2, -0.15) is 13.2 Å². The van der Waals surface area contributed by atoms with E-state index in [1.807, 2.05) is 6.92 Å². The van der Waals surface area contributed by atoms with Crippen LogP contribution in [0.25, 0.3) is 0 Å². The largest absolute Gasteiger partial charge is 0.427 e. The van der Waals surface area contributed by atoms with Crippen molar-refractivity contribution in [2.45, 2.75) is 19.5 Å². The quantitative estimate of drug-likeness (QED) is 0.784. The van der Waals surface area contributed by atoms with E-state index in [1.165, 1.54) is 0 Å². The lowest BCUT2D eigenvalue weighted by atomic mass is 10.5. The van der Waals surface area contributed by atoms with Crippen LogP contribution in [0.4, 0.5) is 18.3 Å². The smallest absolute Gasteiger partial charge is 0.351 e. The lowest BCUT2D eigenvalue weighted by molar-refractivity contribution is -0.134. The van der Waals surface area contributed by atoms with Gasteiger partial charge in [-0.05, 0) is 6.42 Å². The van der Waals surface area contributed by atoms with Crippen molar-refractivity contribution in [3.8, 4) is 0 Å². The van der Waals surface area contributed by atoms with Crippen LogP contribution < -0.4 is 4.90 Å². The third-order valence-corrected chi connectivity index (χ3v) is 2.81. The van der Waals surface area contributed by atoms with Crippen molar-refractivity contribution in [3.05, 3.63) is 11.1 Å². The highest BCUT2D eigenvalue weighted by Gasteiger charge is 2.33. The molecule has 6 heteroatoms. The summed E-state index contributed by atoms with van der Waals surface area (Å²) >= 11 is 0.678. The Labute approximate surface area is 84.4 Å². The first-order chi connectivity index (χ1) is 6.45. The van der Waals surface area contributed by atoms with Gasteiger partial charge in [0, 0.05) is 13.6 Å². The number of anilines is 1. The molecule has 1 aromatic heterocycles. The molecular formula is C8H11F3N2S. The molecule has 0 saturated heterocycles. The minimum Gasteiger partial charge on any atom is -0.351 e. The molecule has 1 heterocycles. The lowest BCUT2D eigenvalue weighted by Crippen LogP contribution is -2.17. The molecule has 0 radical (unpaired) electrons. The first kappa shape index (κ1) is 11.3. The van der Waals surface area contributed by atoms with E-state index in [0.29, 0.717) is 23.0 Å². The highest BCUT2D eigenvalue weighted by Crippen LogP contribution is 2.35. The van der Waals surface area contributed by atoms with E-state index in [0.717, 1.165) is 12.6 Å². The molecule has 0 fully saturated rings. The molecule has 14 heavy (non-hydrogen) atoms. The Kier molecular flexibility index (Phi) is 3.36. The van der Waals surface area contributed by atoms with Crippen LogP contribution in [-0.2, 0) is 6.18 Å². The van der Waals surface area contributed by atoms with E-state index < -0.39 is 11.1 Å². The summed E-state index contributed by atoms with van der Waals surface area (Å²) in [6.45, 7) is 2.68. The monoisotopic (exact) mass is 224 g/mol. The van der Waals surface area contributed by atoms with Crippen molar-refractivity contribution >= 4 is 16.5 Å². The van der Waals surface area contributed by atoms with Crippen molar-refractivity contribution in [3.63, 3.8) is 0 Å². The normalized spacial score (nSPS) is 11.8. The van der Waals surface area contributed by atoms with E-state index in [1.54, 1.807) is 11.9 Å². The third-order valence-electron chi connectivity index (χ3n) is 1.66. The summed E-state index contributed by atoms with van der Waals surface area (Å²) in [5.41, 5.74) is 0. The van der Waals surface area contributed by atoms with E-state index in [-0.39, 0.29) is 0 Å². The van der Waals surface area contributed by atoms with Crippen molar-refractivity contribution in [2.75, 3.05) is 18.5 Å². The predicted molar refractivity (Wildman–Crippen MR) is 50.7 cm³/mol. The SMILES string of the molecule is CCCN(C)c1ncc(C(F)(F)F)s1. The van der Waals surface area contributed by atoms with Crippen molar-refractivity contribution in [1.29, 1.82) is 0 Å². The molecule has 0 aliphatic heterocycles. The molecule has 0 aliphatic rings. The molecular weight excluding hydrogens is 213 g/mol. The Hall–Kier alpha value is -0.780. The van der Waals surface area contributed by atoms with Crippen molar-refractivity contribution in [2.24, 2.45) is 0 Å². The standard InChI is InChI=1S/C8H11F3N2S/c1-3-4-13(2)7-12-5-6(14-7)8(9,10)11/h5H,3-4H2,1-2H3. The number of hydrogen-bond acceptors (Lipinski definition) is 3. The molecule has 1 aromatic rings. The Morgan fingerprint density at radius 3 is 2.57 bits per heavy atom. The Morgan fingerprint density at radius 2 is 2.14 bits per heavy atom. The third kappa shape index (κ3) is 2.60. The van der Waals surface area contributed by atoms with E-state index >= 15 is 0 Å². The highest BCUT2D eigenvalue weighted by atomic mass is 32.1. The van der Waals surface area contributed by atoms with Gasteiger partial charge >= 0.3 is 6.18 Å². The van der Waals surface area contributed by atoms with E-state index in [9.17, 15) is 13.2 Å². The van der Waals surface area contributed by atoms with Crippen LogP contribution in [0.5, 0.6) is 0 Å². The molecule has 80 valence electrons. The molecule has 0 saturated carbocycles. The van der Waals surface area contributed by atoms with Crippen LogP contribution in [-0.4, -0.2) is 18.6 Å². The predicted octanol–water partition coefficient (Wildman–Crippen LogP) is 3.01. The van der Waals surface area contributed by atoms with Gasteiger partial charge in [-0.15, -0.1) is 0 Å². The molecule has 2 nitrogen and oxygen atoms in total. The summed E-state index contributed by atoms with van der Waals surface area (Å²) in [5, 5.41) is 0.416. The lowest BCUT2D eigenvalue weighted by Gasteiger charge is -2.13. The second-order valence-corrected chi connectivity index (χ2v) is 3.94. The summed E-state index contributed by atoms with van der Waals surface area (Å²) in [7, 11) is 1.74.